The number of morpholine rings is 1. The van der Waals surface area contributed by atoms with Crippen molar-refractivity contribution in [2.75, 3.05) is 53.1 Å². The molecule has 0 aliphatic carbocycles. The molecule has 0 spiro atoms. The summed E-state index contributed by atoms with van der Waals surface area (Å²) >= 11 is 0. The topological polar surface area (TPSA) is 81.5 Å². The molecule has 36 heavy (non-hydrogen) atoms. The first kappa shape index (κ1) is 24.3. The average molecular weight is 493 g/mol. The summed E-state index contributed by atoms with van der Waals surface area (Å²) in [6, 6.07) is 12.1. The Kier molecular flexibility index (Phi) is 7.25. The van der Waals surface area contributed by atoms with Gasteiger partial charge in [0, 0.05) is 26.2 Å². The SMILES string of the molecule is CCCCOc1ccc(C2c3c(oc4ccccc4c3=O)C(=O)N2CCN2CCOCC2)cc1OC. The van der Waals surface area contributed by atoms with Crippen LogP contribution in [0.15, 0.2) is 51.7 Å². The Morgan fingerprint density at radius 2 is 1.83 bits per heavy atom. The number of hydrogen-bond donors (Lipinski definition) is 0. The molecule has 1 aromatic heterocycles. The lowest BCUT2D eigenvalue weighted by Gasteiger charge is -2.31. The third-order valence-electron chi connectivity index (χ3n) is 6.89. The van der Waals surface area contributed by atoms with Gasteiger partial charge in [-0.05, 0) is 36.2 Å². The second-order valence-electron chi connectivity index (χ2n) is 9.14. The van der Waals surface area contributed by atoms with Crippen LogP contribution in [-0.4, -0.2) is 68.8 Å². The smallest absolute Gasteiger partial charge is 0.290 e. The monoisotopic (exact) mass is 492 g/mol. The molecular formula is C28H32N2O6. The lowest BCUT2D eigenvalue weighted by Crippen LogP contribution is -2.42. The van der Waals surface area contributed by atoms with Crippen LogP contribution in [0.1, 0.15) is 47.5 Å². The summed E-state index contributed by atoms with van der Waals surface area (Å²) in [6.07, 6.45) is 1.97. The van der Waals surface area contributed by atoms with Crippen LogP contribution in [-0.2, 0) is 4.74 Å². The third kappa shape index (κ3) is 4.58. The van der Waals surface area contributed by atoms with Gasteiger partial charge in [0.15, 0.2) is 16.9 Å². The van der Waals surface area contributed by atoms with Gasteiger partial charge in [0.25, 0.3) is 5.91 Å². The summed E-state index contributed by atoms with van der Waals surface area (Å²) in [4.78, 5) is 31.3. The molecule has 190 valence electrons. The van der Waals surface area contributed by atoms with E-state index in [1.807, 2.05) is 18.2 Å². The highest BCUT2D eigenvalue weighted by atomic mass is 16.5. The third-order valence-corrected chi connectivity index (χ3v) is 6.89. The number of carbonyl (C=O) groups excluding carboxylic acids is 1. The summed E-state index contributed by atoms with van der Waals surface area (Å²) < 4.78 is 23.0. The predicted molar refractivity (Wildman–Crippen MR) is 136 cm³/mol. The Balaban J connectivity index is 1.56. The number of nitrogens with zero attached hydrogens (tertiary/aromatic N) is 2. The zero-order valence-electron chi connectivity index (χ0n) is 20.8. The molecule has 0 radical (unpaired) electrons. The van der Waals surface area contributed by atoms with Crippen molar-refractivity contribution >= 4 is 16.9 Å². The van der Waals surface area contributed by atoms with Crippen molar-refractivity contribution in [2.24, 2.45) is 0 Å². The van der Waals surface area contributed by atoms with Crippen molar-refractivity contribution in [1.82, 2.24) is 9.80 Å². The van der Waals surface area contributed by atoms with Crippen LogP contribution < -0.4 is 14.9 Å². The number of benzene rings is 2. The molecule has 2 aliphatic rings. The molecule has 8 heteroatoms. The lowest BCUT2D eigenvalue weighted by molar-refractivity contribution is 0.0314. The molecule has 3 aromatic rings. The molecule has 0 bridgehead atoms. The molecule has 0 N–H and O–H groups in total. The molecule has 1 atom stereocenters. The lowest BCUT2D eigenvalue weighted by atomic mass is 9.98. The standard InChI is InChI=1S/C28H32N2O6/c1-3-4-15-35-22-10-9-19(18-23(22)33-2)25-24-26(31)20-7-5-6-8-21(20)36-27(24)28(32)30(25)12-11-29-13-16-34-17-14-29/h5-10,18,25H,3-4,11-17H2,1-2H3. The van der Waals surface area contributed by atoms with E-state index >= 15 is 0 Å². The fourth-order valence-corrected chi connectivity index (χ4v) is 4.92. The van der Waals surface area contributed by atoms with Crippen LogP contribution in [0, 0.1) is 0 Å². The van der Waals surface area contributed by atoms with Gasteiger partial charge in [-0.3, -0.25) is 14.5 Å². The number of hydrogen-bond acceptors (Lipinski definition) is 7. The summed E-state index contributed by atoms with van der Waals surface area (Å²) in [7, 11) is 1.59. The zero-order chi connectivity index (χ0) is 25.1. The number of unbranched alkanes of at least 4 members (excludes halogenated alkanes) is 1. The van der Waals surface area contributed by atoms with Crippen LogP contribution in [0.4, 0.5) is 0 Å². The second kappa shape index (κ2) is 10.7. The Labute approximate surface area is 210 Å². The predicted octanol–water partition coefficient (Wildman–Crippen LogP) is 3.86. The largest absolute Gasteiger partial charge is 0.493 e. The average Bonchev–Trinajstić information content (AvgIpc) is 3.20. The Morgan fingerprint density at radius 3 is 2.61 bits per heavy atom. The van der Waals surface area contributed by atoms with Crippen molar-refractivity contribution in [3.8, 4) is 11.5 Å². The van der Waals surface area contributed by atoms with Crippen molar-refractivity contribution < 1.29 is 23.4 Å². The number of fused-ring (bicyclic) bond motifs is 2. The Hall–Kier alpha value is -3.36. The first-order chi connectivity index (χ1) is 17.6. The first-order valence-corrected chi connectivity index (χ1v) is 12.6. The van der Waals surface area contributed by atoms with E-state index in [1.54, 1.807) is 36.3 Å². The zero-order valence-corrected chi connectivity index (χ0v) is 20.8. The Morgan fingerprint density at radius 1 is 1.03 bits per heavy atom. The quantitative estimate of drug-likeness (QED) is 0.420. The summed E-state index contributed by atoms with van der Waals surface area (Å²) in [5.74, 6) is 1.06. The molecule has 1 unspecified atom stereocenters. The molecule has 1 fully saturated rings. The molecule has 0 saturated carbocycles. The maximum atomic E-state index is 13.7. The highest BCUT2D eigenvalue weighted by molar-refractivity contribution is 5.99. The van der Waals surface area contributed by atoms with Gasteiger partial charge in [0.2, 0.25) is 5.76 Å². The van der Waals surface area contributed by atoms with Gasteiger partial charge in [-0.25, -0.2) is 0 Å². The van der Waals surface area contributed by atoms with E-state index in [4.69, 9.17) is 18.6 Å². The van der Waals surface area contributed by atoms with Gasteiger partial charge in [-0.1, -0.05) is 31.5 Å². The van der Waals surface area contributed by atoms with E-state index in [2.05, 4.69) is 11.8 Å². The highest BCUT2D eigenvalue weighted by Gasteiger charge is 2.43. The van der Waals surface area contributed by atoms with Crippen LogP contribution in [0.25, 0.3) is 11.0 Å². The fraction of sp³-hybridized carbons (Fsp3) is 0.429. The van der Waals surface area contributed by atoms with Crippen LogP contribution in [0.3, 0.4) is 0 Å². The molecule has 2 aromatic carbocycles. The van der Waals surface area contributed by atoms with Crippen LogP contribution >= 0.6 is 0 Å². The summed E-state index contributed by atoms with van der Waals surface area (Å²) in [5.41, 5.74) is 1.40. The molecule has 1 amide bonds. The second-order valence-corrected chi connectivity index (χ2v) is 9.14. The van der Waals surface area contributed by atoms with Crippen molar-refractivity contribution in [3.63, 3.8) is 0 Å². The fourth-order valence-electron chi connectivity index (χ4n) is 4.92. The maximum Gasteiger partial charge on any atom is 0.290 e. The minimum absolute atomic E-state index is 0.118. The molecule has 3 heterocycles. The molecule has 1 saturated heterocycles. The minimum atomic E-state index is -0.576. The van der Waals surface area contributed by atoms with E-state index in [0.717, 1.165) is 31.5 Å². The molecule has 8 nitrogen and oxygen atoms in total. The van der Waals surface area contributed by atoms with Crippen molar-refractivity contribution in [2.45, 2.75) is 25.8 Å². The van der Waals surface area contributed by atoms with Crippen LogP contribution in [0.5, 0.6) is 11.5 Å². The van der Waals surface area contributed by atoms with Gasteiger partial charge >= 0.3 is 0 Å². The van der Waals surface area contributed by atoms with E-state index < -0.39 is 6.04 Å². The Bertz CT molecular complexity index is 1300. The first-order valence-electron chi connectivity index (χ1n) is 12.6. The molecule has 2 aliphatic heterocycles. The van der Waals surface area contributed by atoms with Gasteiger partial charge in [0.05, 0.1) is 43.9 Å². The summed E-state index contributed by atoms with van der Waals surface area (Å²) in [6.45, 7) is 6.84. The van der Waals surface area contributed by atoms with Gasteiger partial charge in [-0.15, -0.1) is 0 Å². The molecule has 5 rings (SSSR count). The van der Waals surface area contributed by atoms with E-state index in [0.29, 0.717) is 60.9 Å². The number of methoxy groups -OCH3 is 1. The van der Waals surface area contributed by atoms with Gasteiger partial charge in [0.1, 0.15) is 5.58 Å². The van der Waals surface area contributed by atoms with Gasteiger partial charge in [-0.2, -0.15) is 0 Å². The van der Waals surface area contributed by atoms with E-state index in [-0.39, 0.29) is 17.1 Å². The number of ether oxygens (including phenoxy) is 3. The normalized spacial score (nSPS) is 18.0. The van der Waals surface area contributed by atoms with Crippen molar-refractivity contribution in [1.29, 1.82) is 0 Å². The van der Waals surface area contributed by atoms with E-state index in [1.165, 1.54) is 0 Å². The number of carbonyl (C=O) groups is 1. The summed E-state index contributed by atoms with van der Waals surface area (Å²) in [5, 5.41) is 0.468. The number of para-hydroxylation sites is 1. The molecular weight excluding hydrogens is 460 g/mol. The number of amides is 1. The highest BCUT2D eigenvalue weighted by Crippen LogP contribution is 2.40. The van der Waals surface area contributed by atoms with Crippen LogP contribution in [0.2, 0.25) is 0 Å². The maximum absolute atomic E-state index is 13.7. The van der Waals surface area contributed by atoms with Crippen molar-refractivity contribution in [3.05, 3.63) is 69.6 Å². The number of rotatable bonds is 9. The van der Waals surface area contributed by atoms with Gasteiger partial charge < -0.3 is 23.5 Å². The van der Waals surface area contributed by atoms with E-state index in [9.17, 15) is 9.59 Å². The minimum Gasteiger partial charge on any atom is -0.493 e.